The van der Waals surface area contributed by atoms with E-state index in [1.54, 1.807) is 0 Å². The second-order valence-corrected chi connectivity index (χ2v) is 5.17. The van der Waals surface area contributed by atoms with E-state index in [2.05, 4.69) is 10.2 Å². The maximum Gasteiger partial charge on any atom is 0.445 e. The lowest BCUT2D eigenvalue weighted by Gasteiger charge is -2.22. The Bertz CT molecular complexity index is 387. The molecule has 1 aromatic rings. The Morgan fingerprint density at radius 3 is 2.47 bits per heavy atom. The molecule has 96 valence electrons. The van der Waals surface area contributed by atoms with Crippen LogP contribution in [0.3, 0.4) is 0 Å². The van der Waals surface area contributed by atoms with E-state index in [1.807, 2.05) is 0 Å². The summed E-state index contributed by atoms with van der Waals surface area (Å²) < 4.78 is 41.9. The van der Waals surface area contributed by atoms with E-state index in [0.29, 0.717) is 11.3 Å². The summed E-state index contributed by atoms with van der Waals surface area (Å²) in [7, 11) is 0. The standard InChI is InChI=1S/C9H12F3N3OS/c10-9(11,12)6-14-15-7(17-6)16-5-8(13)3-1-2-4-8/h1-5,13H2. The SMILES string of the molecule is NC1(COc2nnc(C(F)(F)F)s2)CCCC1. The smallest absolute Gasteiger partial charge is 0.445 e. The van der Waals surface area contributed by atoms with Crippen LogP contribution in [0.1, 0.15) is 30.7 Å². The highest BCUT2D eigenvalue weighted by molar-refractivity contribution is 7.13. The van der Waals surface area contributed by atoms with Gasteiger partial charge in [-0.3, -0.25) is 0 Å². The van der Waals surface area contributed by atoms with Crippen LogP contribution in [0.2, 0.25) is 0 Å². The van der Waals surface area contributed by atoms with Gasteiger partial charge in [0.1, 0.15) is 6.61 Å². The molecule has 0 radical (unpaired) electrons. The van der Waals surface area contributed by atoms with Crippen LogP contribution in [0.15, 0.2) is 0 Å². The summed E-state index contributed by atoms with van der Waals surface area (Å²) in [6, 6.07) is 0. The van der Waals surface area contributed by atoms with Crippen LogP contribution in [0.5, 0.6) is 5.19 Å². The molecule has 1 aliphatic rings. The molecular weight excluding hydrogens is 255 g/mol. The zero-order valence-electron chi connectivity index (χ0n) is 8.96. The number of halogens is 3. The Labute approximate surface area is 100.0 Å². The monoisotopic (exact) mass is 267 g/mol. The van der Waals surface area contributed by atoms with Crippen LogP contribution < -0.4 is 10.5 Å². The Morgan fingerprint density at radius 2 is 1.94 bits per heavy atom. The minimum atomic E-state index is -4.47. The highest BCUT2D eigenvalue weighted by Crippen LogP contribution is 2.34. The predicted molar refractivity (Wildman–Crippen MR) is 55.8 cm³/mol. The molecule has 4 nitrogen and oxygen atoms in total. The Morgan fingerprint density at radius 1 is 1.29 bits per heavy atom. The molecule has 2 rings (SSSR count). The van der Waals surface area contributed by atoms with Gasteiger partial charge in [0.15, 0.2) is 0 Å². The fraction of sp³-hybridized carbons (Fsp3) is 0.778. The van der Waals surface area contributed by atoms with Gasteiger partial charge in [0.25, 0.3) is 5.19 Å². The average Bonchev–Trinajstić information content (AvgIpc) is 2.83. The number of hydrogen-bond donors (Lipinski definition) is 1. The van der Waals surface area contributed by atoms with Gasteiger partial charge in [-0.25, -0.2) is 0 Å². The minimum Gasteiger partial charge on any atom is -0.467 e. The molecule has 0 spiro atoms. The van der Waals surface area contributed by atoms with Gasteiger partial charge < -0.3 is 10.5 Å². The van der Waals surface area contributed by atoms with Crippen molar-refractivity contribution < 1.29 is 17.9 Å². The van der Waals surface area contributed by atoms with E-state index < -0.39 is 16.7 Å². The molecule has 1 aliphatic carbocycles. The summed E-state index contributed by atoms with van der Waals surface area (Å²) in [5.41, 5.74) is 5.58. The van der Waals surface area contributed by atoms with Crippen molar-refractivity contribution in [2.24, 2.45) is 5.73 Å². The van der Waals surface area contributed by atoms with Gasteiger partial charge in [0.2, 0.25) is 5.01 Å². The molecule has 0 amide bonds. The molecule has 17 heavy (non-hydrogen) atoms. The number of alkyl halides is 3. The number of rotatable bonds is 3. The fourth-order valence-electron chi connectivity index (χ4n) is 1.81. The number of hydrogen-bond acceptors (Lipinski definition) is 5. The lowest BCUT2D eigenvalue weighted by atomic mass is 10.0. The van der Waals surface area contributed by atoms with Crippen molar-refractivity contribution in [1.82, 2.24) is 10.2 Å². The van der Waals surface area contributed by atoms with Gasteiger partial charge in [-0.1, -0.05) is 29.3 Å². The molecule has 1 aromatic heterocycles. The Hall–Kier alpha value is -0.890. The van der Waals surface area contributed by atoms with Crippen molar-refractivity contribution in [3.63, 3.8) is 0 Å². The molecule has 0 aliphatic heterocycles. The maximum atomic E-state index is 12.2. The first-order valence-electron chi connectivity index (χ1n) is 5.21. The molecule has 0 saturated heterocycles. The van der Waals surface area contributed by atoms with Crippen molar-refractivity contribution in [3.05, 3.63) is 5.01 Å². The topological polar surface area (TPSA) is 61.0 Å². The number of nitrogens with two attached hydrogens (primary N) is 1. The average molecular weight is 267 g/mol. The molecule has 0 bridgehead atoms. The van der Waals surface area contributed by atoms with Crippen molar-refractivity contribution >= 4 is 11.3 Å². The van der Waals surface area contributed by atoms with Gasteiger partial charge in [-0.2, -0.15) is 13.2 Å². The highest BCUT2D eigenvalue weighted by atomic mass is 32.1. The zero-order chi connectivity index (χ0) is 12.5. The fourth-order valence-corrected chi connectivity index (χ4v) is 2.37. The Kier molecular flexibility index (Phi) is 3.26. The molecule has 0 atom stereocenters. The van der Waals surface area contributed by atoms with Crippen LogP contribution in [-0.4, -0.2) is 22.3 Å². The van der Waals surface area contributed by atoms with E-state index in [-0.39, 0.29) is 11.8 Å². The Balaban J connectivity index is 1.93. The van der Waals surface area contributed by atoms with Crippen LogP contribution in [0.25, 0.3) is 0 Å². The van der Waals surface area contributed by atoms with Gasteiger partial charge in [-0.15, -0.1) is 5.10 Å². The summed E-state index contributed by atoms with van der Waals surface area (Å²) in [5.74, 6) is 0. The summed E-state index contributed by atoms with van der Waals surface area (Å²) in [5, 5.41) is 5.31. The third-order valence-corrected chi connectivity index (χ3v) is 3.61. The normalized spacial score (nSPS) is 19.5. The minimum absolute atomic E-state index is 0.0750. The maximum absolute atomic E-state index is 12.2. The molecule has 1 heterocycles. The lowest BCUT2D eigenvalue weighted by molar-refractivity contribution is -0.138. The van der Waals surface area contributed by atoms with Crippen LogP contribution in [-0.2, 0) is 6.18 Å². The third-order valence-electron chi connectivity index (χ3n) is 2.73. The highest BCUT2D eigenvalue weighted by Gasteiger charge is 2.36. The molecule has 8 heteroatoms. The molecular formula is C9H12F3N3OS. The summed E-state index contributed by atoms with van der Waals surface area (Å²) >= 11 is 0.397. The molecule has 0 unspecified atom stereocenters. The van der Waals surface area contributed by atoms with E-state index in [4.69, 9.17) is 10.5 Å². The van der Waals surface area contributed by atoms with Gasteiger partial charge in [-0.05, 0) is 12.8 Å². The van der Waals surface area contributed by atoms with E-state index >= 15 is 0 Å². The lowest BCUT2D eigenvalue weighted by Crippen LogP contribution is -2.42. The van der Waals surface area contributed by atoms with Gasteiger partial charge in [0.05, 0.1) is 5.54 Å². The van der Waals surface area contributed by atoms with Crippen molar-refractivity contribution in [1.29, 1.82) is 0 Å². The van der Waals surface area contributed by atoms with Crippen molar-refractivity contribution in [2.75, 3.05) is 6.61 Å². The predicted octanol–water partition coefficient (Wildman–Crippen LogP) is 2.21. The third kappa shape index (κ3) is 3.06. The zero-order valence-corrected chi connectivity index (χ0v) is 9.77. The molecule has 2 N–H and O–H groups in total. The van der Waals surface area contributed by atoms with Crippen molar-refractivity contribution in [2.45, 2.75) is 37.4 Å². The second-order valence-electron chi connectivity index (χ2n) is 4.23. The second kappa shape index (κ2) is 4.41. The number of ether oxygens (including phenoxy) is 1. The molecule has 1 fully saturated rings. The van der Waals surface area contributed by atoms with E-state index in [1.165, 1.54) is 0 Å². The summed E-state index contributed by atoms with van der Waals surface area (Å²) in [6.07, 6.45) is -0.740. The molecule has 0 aromatic carbocycles. The van der Waals surface area contributed by atoms with Crippen LogP contribution >= 0.6 is 11.3 Å². The van der Waals surface area contributed by atoms with E-state index in [0.717, 1.165) is 25.7 Å². The first kappa shape index (κ1) is 12.6. The summed E-state index contributed by atoms with van der Waals surface area (Å²) in [4.78, 5) is 0. The number of nitrogens with zero attached hydrogens (tertiary/aromatic N) is 2. The van der Waals surface area contributed by atoms with Crippen molar-refractivity contribution in [3.8, 4) is 5.19 Å². The first-order valence-corrected chi connectivity index (χ1v) is 6.03. The first-order chi connectivity index (χ1) is 7.89. The van der Waals surface area contributed by atoms with Crippen LogP contribution in [0.4, 0.5) is 13.2 Å². The van der Waals surface area contributed by atoms with Gasteiger partial charge in [0, 0.05) is 0 Å². The van der Waals surface area contributed by atoms with Gasteiger partial charge >= 0.3 is 6.18 Å². The largest absolute Gasteiger partial charge is 0.467 e. The molecule has 1 saturated carbocycles. The quantitative estimate of drug-likeness (QED) is 0.912. The number of aromatic nitrogens is 2. The summed E-state index contributed by atoms with van der Waals surface area (Å²) in [6.45, 7) is 0.194. The van der Waals surface area contributed by atoms with Crippen LogP contribution in [0, 0.1) is 0 Å². The van der Waals surface area contributed by atoms with E-state index in [9.17, 15) is 13.2 Å².